The zero-order valence-electron chi connectivity index (χ0n) is 11.7. The number of nitrogens with two attached hydrogens (primary N) is 1. The molecule has 1 atom stereocenters. The molecule has 2 rings (SSSR count). The van der Waals surface area contributed by atoms with Crippen LogP contribution in [0.15, 0.2) is 47.5 Å². The minimum Gasteiger partial charge on any atom is -0.352 e. The molecule has 0 aliphatic carbocycles. The molecule has 1 amide bonds. The van der Waals surface area contributed by atoms with Gasteiger partial charge in [-0.1, -0.05) is 24.4 Å². The van der Waals surface area contributed by atoms with Crippen molar-refractivity contribution >= 4 is 28.1 Å². The number of aromatic nitrogens is 1. The van der Waals surface area contributed by atoms with Crippen LogP contribution in [-0.4, -0.2) is 19.3 Å². The summed E-state index contributed by atoms with van der Waals surface area (Å²) in [6.07, 6.45) is 1.64. The number of carbonyl (C=O) groups is 1. The number of hydrogen-bond donors (Lipinski definition) is 3. The molecule has 1 heterocycles. The van der Waals surface area contributed by atoms with Crippen LogP contribution in [0.2, 0.25) is 0 Å². The predicted octanol–water partition coefficient (Wildman–Crippen LogP) is 1.88. The Balaban J connectivity index is 2.23. The molecule has 0 aliphatic heterocycles. The molecule has 0 unspecified atom stereocenters. The number of carbonyl (C=O) groups excluding carboxylic acids is 1. The third-order valence-electron chi connectivity index (χ3n) is 3.10. The second-order valence-corrected chi connectivity index (χ2v) is 6.70. The van der Waals surface area contributed by atoms with Gasteiger partial charge in [0.2, 0.25) is 10.0 Å². The number of rotatable bonds is 4. The first-order chi connectivity index (χ1) is 10.3. The Morgan fingerprint density at radius 2 is 2.05 bits per heavy atom. The lowest BCUT2D eigenvalue weighted by atomic mass is 10.1. The van der Waals surface area contributed by atoms with E-state index in [0.717, 1.165) is 0 Å². The van der Waals surface area contributed by atoms with E-state index in [1.807, 2.05) is 0 Å². The van der Waals surface area contributed by atoms with Gasteiger partial charge < -0.3 is 10.3 Å². The van der Waals surface area contributed by atoms with Crippen LogP contribution in [0.1, 0.15) is 28.9 Å². The van der Waals surface area contributed by atoms with Crippen molar-refractivity contribution in [1.82, 2.24) is 10.3 Å². The van der Waals surface area contributed by atoms with Gasteiger partial charge >= 0.3 is 0 Å². The van der Waals surface area contributed by atoms with E-state index in [1.54, 1.807) is 37.4 Å². The number of aromatic amines is 1. The first kappa shape index (κ1) is 16.3. The quantitative estimate of drug-likeness (QED) is 0.741. The standard InChI is InChI=1S/C14H15N3O3S2/c1-9(10-4-2-5-11(8-10)22(15,19)20)17-13(18)12-6-3-7-16-14(12)21/h2-9H,1H3,(H,16,21)(H,17,18)(H2,15,19,20)/t9-/m0/s1. The van der Waals surface area contributed by atoms with E-state index in [2.05, 4.69) is 10.3 Å². The van der Waals surface area contributed by atoms with Gasteiger partial charge in [-0.15, -0.1) is 0 Å². The number of benzene rings is 1. The molecule has 0 spiro atoms. The van der Waals surface area contributed by atoms with Crippen LogP contribution in [0.5, 0.6) is 0 Å². The number of H-pyrrole nitrogens is 1. The third kappa shape index (κ3) is 3.79. The molecule has 22 heavy (non-hydrogen) atoms. The maximum Gasteiger partial charge on any atom is 0.254 e. The number of hydrogen-bond acceptors (Lipinski definition) is 4. The first-order valence-electron chi connectivity index (χ1n) is 6.40. The normalized spacial score (nSPS) is 12.6. The Bertz CT molecular complexity index is 859. The van der Waals surface area contributed by atoms with Crippen molar-refractivity contribution in [3.05, 3.63) is 58.4 Å². The second-order valence-electron chi connectivity index (χ2n) is 4.73. The lowest BCUT2D eigenvalue weighted by Gasteiger charge is -2.15. The number of pyridine rings is 1. The molecule has 1 aromatic heterocycles. The van der Waals surface area contributed by atoms with E-state index < -0.39 is 16.1 Å². The number of amides is 1. The average Bonchev–Trinajstić information content (AvgIpc) is 2.46. The van der Waals surface area contributed by atoms with Gasteiger partial charge in [0.1, 0.15) is 4.64 Å². The van der Waals surface area contributed by atoms with Crippen LogP contribution >= 0.6 is 12.2 Å². The van der Waals surface area contributed by atoms with Crippen molar-refractivity contribution in [3.63, 3.8) is 0 Å². The zero-order valence-corrected chi connectivity index (χ0v) is 13.4. The number of sulfonamides is 1. The molecule has 1 aromatic carbocycles. The van der Waals surface area contributed by atoms with Crippen LogP contribution in [0.3, 0.4) is 0 Å². The van der Waals surface area contributed by atoms with Gasteiger partial charge in [-0.3, -0.25) is 4.79 Å². The van der Waals surface area contributed by atoms with Crippen LogP contribution in [0.25, 0.3) is 0 Å². The molecule has 0 bridgehead atoms. The summed E-state index contributed by atoms with van der Waals surface area (Å²) in [5.41, 5.74) is 0.984. The van der Waals surface area contributed by atoms with E-state index in [0.29, 0.717) is 15.8 Å². The van der Waals surface area contributed by atoms with Crippen LogP contribution < -0.4 is 10.5 Å². The molecule has 0 radical (unpaired) electrons. The van der Waals surface area contributed by atoms with Gasteiger partial charge in [-0.05, 0) is 36.8 Å². The zero-order chi connectivity index (χ0) is 16.3. The fourth-order valence-electron chi connectivity index (χ4n) is 1.92. The Kier molecular flexibility index (Phi) is 4.74. The molecular formula is C14H15N3O3S2. The first-order valence-corrected chi connectivity index (χ1v) is 8.36. The average molecular weight is 337 g/mol. The minimum absolute atomic E-state index is 0.00287. The van der Waals surface area contributed by atoms with E-state index in [9.17, 15) is 13.2 Å². The fourth-order valence-corrected chi connectivity index (χ4v) is 2.72. The van der Waals surface area contributed by atoms with Crippen LogP contribution in [-0.2, 0) is 10.0 Å². The summed E-state index contributed by atoms with van der Waals surface area (Å²) in [5, 5.41) is 7.88. The summed E-state index contributed by atoms with van der Waals surface area (Å²) in [5.74, 6) is -0.338. The molecule has 0 saturated heterocycles. The highest BCUT2D eigenvalue weighted by molar-refractivity contribution is 7.89. The van der Waals surface area contributed by atoms with Crippen LogP contribution in [0.4, 0.5) is 0 Å². The highest BCUT2D eigenvalue weighted by atomic mass is 32.2. The summed E-state index contributed by atoms with van der Waals surface area (Å²) in [4.78, 5) is 15.0. The molecular weight excluding hydrogens is 322 g/mol. The van der Waals surface area contributed by atoms with Crippen molar-refractivity contribution < 1.29 is 13.2 Å². The maximum atomic E-state index is 12.2. The van der Waals surface area contributed by atoms with E-state index >= 15 is 0 Å². The topological polar surface area (TPSA) is 105 Å². The van der Waals surface area contributed by atoms with Gasteiger partial charge in [-0.2, -0.15) is 0 Å². The van der Waals surface area contributed by atoms with Crippen molar-refractivity contribution in [2.24, 2.45) is 5.14 Å². The molecule has 0 saturated carbocycles. The lowest BCUT2D eigenvalue weighted by Crippen LogP contribution is -2.27. The minimum atomic E-state index is -3.78. The smallest absolute Gasteiger partial charge is 0.254 e. The van der Waals surface area contributed by atoms with Crippen molar-refractivity contribution in [1.29, 1.82) is 0 Å². The van der Waals surface area contributed by atoms with Gasteiger partial charge in [0, 0.05) is 6.20 Å². The second kappa shape index (κ2) is 6.39. The number of nitrogens with one attached hydrogen (secondary N) is 2. The van der Waals surface area contributed by atoms with E-state index in [-0.39, 0.29) is 10.8 Å². The summed E-state index contributed by atoms with van der Waals surface area (Å²) in [6.45, 7) is 1.75. The van der Waals surface area contributed by atoms with Crippen molar-refractivity contribution in [3.8, 4) is 0 Å². The summed E-state index contributed by atoms with van der Waals surface area (Å²) >= 11 is 5.06. The monoisotopic (exact) mass is 337 g/mol. The molecule has 2 aromatic rings. The van der Waals surface area contributed by atoms with Crippen molar-refractivity contribution in [2.75, 3.05) is 0 Å². The highest BCUT2D eigenvalue weighted by Gasteiger charge is 2.15. The van der Waals surface area contributed by atoms with Gasteiger partial charge in [-0.25, -0.2) is 13.6 Å². The Morgan fingerprint density at radius 1 is 1.32 bits per heavy atom. The molecule has 8 heteroatoms. The van der Waals surface area contributed by atoms with Gasteiger partial charge in [0.25, 0.3) is 5.91 Å². The Labute approximate surface area is 133 Å². The largest absolute Gasteiger partial charge is 0.352 e. The molecule has 6 nitrogen and oxygen atoms in total. The molecule has 0 aliphatic rings. The number of primary sulfonamides is 1. The van der Waals surface area contributed by atoms with Gasteiger partial charge in [0.05, 0.1) is 16.5 Å². The Morgan fingerprint density at radius 3 is 2.68 bits per heavy atom. The lowest BCUT2D eigenvalue weighted by molar-refractivity contribution is 0.0939. The summed E-state index contributed by atoms with van der Waals surface area (Å²) in [7, 11) is -3.78. The fraction of sp³-hybridized carbons (Fsp3) is 0.143. The summed E-state index contributed by atoms with van der Waals surface area (Å²) in [6, 6.07) is 9.02. The SMILES string of the molecule is C[C@H](NC(=O)c1ccc[nH]c1=S)c1cccc(S(N)(=O)=O)c1. The highest BCUT2D eigenvalue weighted by Crippen LogP contribution is 2.17. The van der Waals surface area contributed by atoms with Gasteiger partial charge in [0.15, 0.2) is 0 Å². The third-order valence-corrected chi connectivity index (χ3v) is 4.35. The van der Waals surface area contributed by atoms with Crippen LogP contribution in [0, 0.1) is 4.64 Å². The van der Waals surface area contributed by atoms with E-state index in [4.69, 9.17) is 17.4 Å². The van der Waals surface area contributed by atoms with Crippen molar-refractivity contribution in [2.45, 2.75) is 17.9 Å². The Hall–Kier alpha value is -2.03. The van der Waals surface area contributed by atoms with E-state index in [1.165, 1.54) is 12.1 Å². The maximum absolute atomic E-state index is 12.2. The molecule has 4 N–H and O–H groups in total. The predicted molar refractivity (Wildman–Crippen MR) is 85.3 cm³/mol. The molecule has 116 valence electrons. The molecule has 0 fully saturated rings. The summed E-state index contributed by atoms with van der Waals surface area (Å²) < 4.78 is 23.1.